The lowest BCUT2D eigenvalue weighted by Crippen LogP contribution is -2.43. The van der Waals surface area contributed by atoms with Crippen LogP contribution in [0.2, 0.25) is 0 Å². The highest BCUT2D eigenvalue weighted by Crippen LogP contribution is 2.34. The van der Waals surface area contributed by atoms with Gasteiger partial charge in [-0.2, -0.15) is 0 Å². The number of amides is 1. The van der Waals surface area contributed by atoms with E-state index >= 15 is 0 Å². The monoisotopic (exact) mass is 405 g/mol. The maximum absolute atomic E-state index is 12.9. The number of hydrogen-bond acceptors (Lipinski definition) is 8. The Hall–Kier alpha value is -2.13. The van der Waals surface area contributed by atoms with Crippen LogP contribution >= 0.6 is 23.1 Å². The van der Waals surface area contributed by atoms with E-state index in [2.05, 4.69) is 10.2 Å². The molecule has 4 rings (SSSR count). The average Bonchev–Trinajstić information content (AvgIpc) is 3.33. The Balaban J connectivity index is 1.37. The SMILES string of the molecule is Cc1nnc(SCC(=O)N2CCC[C@H](C(=O)c3ccc4c(c3)OCO4)C2)s1. The highest BCUT2D eigenvalue weighted by Gasteiger charge is 2.30. The Kier molecular flexibility index (Phi) is 5.31. The van der Waals surface area contributed by atoms with E-state index in [0.29, 0.717) is 35.9 Å². The molecule has 9 heteroatoms. The van der Waals surface area contributed by atoms with Gasteiger partial charge in [-0.25, -0.2) is 0 Å². The first-order chi connectivity index (χ1) is 13.1. The molecule has 0 radical (unpaired) electrons. The van der Waals surface area contributed by atoms with Gasteiger partial charge in [0, 0.05) is 24.6 Å². The maximum atomic E-state index is 12.9. The van der Waals surface area contributed by atoms with Gasteiger partial charge in [-0.15, -0.1) is 10.2 Å². The molecule has 2 aromatic rings. The molecule has 0 N–H and O–H groups in total. The minimum absolute atomic E-state index is 0.0380. The van der Waals surface area contributed by atoms with Crippen LogP contribution < -0.4 is 9.47 Å². The molecule has 0 aliphatic carbocycles. The van der Waals surface area contributed by atoms with E-state index in [4.69, 9.17) is 9.47 Å². The van der Waals surface area contributed by atoms with Crippen molar-refractivity contribution in [3.63, 3.8) is 0 Å². The molecule has 0 bridgehead atoms. The molecule has 2 aliphatic heterocycles. The van der Waals surface area contributed by atoms with Gasteiger partial charge in [0.1, 0.15) is 5.01 Å². The van der Waals surface area contributed by atoms with Crippen molar-refractivity contribution >= 4 is 34.8 Å². The molecule has 27 heavy (non-hydrogen) atoms. The third-order valence-corrected chi connectivity index (χ3v) is 6.59. The van der Waals surface area contributed by atoms with Crippen LogP contribution in [0.5, 0.6) is 11.5 Å². The van der Waals surface area contributed by atoms with Crippen molar-refractivity contribution < 1.29 is 19.1 Å². The summed E-state index contributed by atoms with van der Waals surface area (Å²) in [5, 5.41) is 8.87. The zero-order chi connectivity index (χ0) is 18.8. The number of benzene rings is 1. The van der Waals surface area contributed by atoms with Crippen LogP contribution in [-0.4, -0.2) is 52.4 Å². The number of aryl methyl sites for hydroxylation is 1. The van der Waals surface area contributed by atoms with Gasteiger partial charge < -0.3 is 14.4 Å². The minimum atomic E-state index is -0.183. The first-order valence-electron chi connectivity index (χ1n) is 8.74. The van der Waals surface area contributed by atoms with E-state index in [1.54, 1.807) is 23.1 Å². The largest absolute Gasteiger partial charge is 0.454 e. The van der Waals surface area contributed by atoms with Gasteiger partial charge in [-0.1, -0.05) is 23.1 Å². The molecule has 1 aromatic heterocycles. The normalized spacial score (nSPS) is 18.6. The summed E-state index contributed by atoms with van der Waals surface area (Å²) in [6.45, 7) is 3.23. The number of nitrogens with zero attached hydrogens (tertiary/aromatic N) is 3. The smallest absolute Gasteiger partial charge is 0.233 e. The van der Waals surface area contributed by atoms with Crippen molar-refractivity contribution in [2.75, 3.05) is 25.6 Å². The van der Waals surface area contributed by atoms with Crippen LogP contribution in [0.25, 0.3) is 0 Å². The molecule has 1 aromatic carbocycles. The van der Waals surface area contributed by atoms with Crippen LogP contribution in [-0.2, 0) is 4.79 Å². The number of Topliss-reactive ketones (excluding diaryl/α,β-unsaturated/α-hetero) is 1. The molecular formula is C18H19N3O4S2. The van der Waals surface area contributed by atoms with E-state index in [1.807, 2.05) is 6.92 Å². The van der Waals surface area contributed by atoms with Crippen molar-refractivity contribution in [2.45, 2.75) is 24.1 Å². The first kappa shape index (κ1) is 18.2. The van der Waals surface area contributed by atoms with Crippen LogP contribution in [0.1, 0.15) is 28.2 Å². The summed E-state index contributed by atoms with van der Waals surface area (Å²) >= 11 is 2.88. The Morgan fingerprint density at radius 3 is 2.96 bits per heavy atom. The van der Waals surface area contributed by atoms with Crippen molar-refractivity contribution in [2.24, 2.45) is 5.92 Å². The molecule has 0 unspecified atom stereocenters. The maximum Gasteiger partial charge on any atom is 0.233 e. The van der Waals surface area contributed by atoms with Gasteiger partial charge in [0.25, 0.3) is 0 Å². The number of likely N-dealkylation sites (tertiary alicyclic amines) is 1. The summed E-state index contributed by atoms with van der Waals surface area (Å²) in [7, 11) is 0. The second kappa shape index (κ2) is 7.85. The van der Waals surface area contributed by atoms with Crippen molar-refractivity contribution in [1.82, 2.24) is 15.1 Å². The molecule has 7 nitrogen and oxygen atoms in total. The third-order valence-electron chi connectivity index (χ3n) is 4.63. The molecular weight excluding hydrogens is 386 g/mol. The summed E-state index contributed by atoms with van der Waals surface area (Å²) in [5.74, 6) is 1.50. The number of carbonyl (C=O) groups excluding carboxylic acids is 2. The van der Waals surface area contributed by atoms with E-state index in [1.165, 1.54) is 23.1 Å². The van der Waals surface area contributed by atoms with E-state index in [9.17, 15) is 9.59 Å². The van der Waals surface area contributed by atoms with Crippen LogP contribution in [0.15, 0.2) is 22.5 Å². The Labute approximate surface area is 165 Å². The number of ether oxygens (including phenoxy) is 2. The minimum Gasteiger partial charge on any atom is -0.454 e. The lowest BCUT2D eigenvalue weighted by atomic mass is 9.90. The predicted molar refractivity (Wildman–Crippen MR) is 102 cm³/mol. The number of aromatic nitrogens is 2. The summed E-state index contributed by atoms with van der Waals surface area (Å²) in [6, 6.07) is 5.27. The average molecular weight is 406 g/mol. The summed E-state index contributed by atoms with van der Waals surface area (Å²) in [6.07, 6.45) is 1.62. The van der Waals surface area contributed by atoms with Gasteiger partial charge in [0.2, 0.25) is 12.7 Å². The number of thioether (sulfide) groups is 1. The molecule has 142 valence electrons. The van der Waals surface area contributed by atoms with Crippen molar-refractivity contribution in [3.05, 3.63) is 28.8 Å². The molecule has 0 saturated carbocycles. The quantitative estimate of drug-likeness (QED) is 0.559. The van der Waals surface area contributed by atoms with Gasteiger partial charge in [0.15, 0.2) is 21.6 Å². The number of piperidine rings is 1. The van der Waals surface area contributed by atoms with E-state index in [-0.39, 0.29) is 24.4 Å². The first-order valence-corrected chi connectivity index (χ1v) is 10.5. The van der Waals surface area contributed by atoms with Gasteiger partial charge >= 0.3 is 0 Å². The fourth-order valence-corrected chi connectivity index (χ4v) is 4.97. The standard InChI is InChI=1S/C18H19N3O4S2/c1-11-19-20-18(27-11)26-9-16(22)21-6-2-3-13(8-21)17(23)12-4-5-14-15(7-12)25-10-24-14/h4-5,7,13H,2-3,6,8-10H2,1H3/t13-/m0/s1. The topological polar surface area (TPSA) is 81.6 Å². The molecule has 0 spiro atoms. The Morgan fingerprint density at radius 2 is 2.15 bits per heavy atom. The summed E-state index contributed by atoms with van der Waals surface area (Å²) in [5.41, 5.74) is 0.609. The van der Waals surface area contributed by atoms with Crippen LogP contribution in [0, 0.1) is 12.8 Å². The fourth-order valence-electron chi connectivity index (χ4n) is 3.25. The highest BCUT2D eigenvalue weighted by atomic mass is 32.2. The lowest BCUT2D eigenvalue weighted by molar-refractivity contribution is -0.129. The highest BCUT2D eigenvalue weighted by molar-refractivity contribution is 8.01. The van der Waals surface area contributed by atoms with E-state index in [0.717, 1.165) is 22.2 Å². The zero-order valence-corrected chi connectivity index (χ0v) is 16.5. The summed E-state index contributed by atoms with van der Waals surface area (Å²) in [4.78, 5) is 27.2. The molecule has 1 atom stereocenters. The fraction of sp³-hybridized carbons (Fsp3) is 0.444. The second-order valence-electron chi connectivity index (χ2n) is 6.49. The lowest BCUT2D eigenvalue weighted by Gasteiger charge is -2.32. The molecule has 1 saturated heterocycles. The third kappa shape index (κ3) is 4.08. The molecule has 1 fully saturated rings. The zero-order valence-electron chi connectivity index (χ0n) is 14.8. The molecule has 1 amide bonds. The number of fused-ring (bicyclic) bond motifs is 1. The van der Waals surface area contributed by atoms with Crippen molar-refractivity contribution in [3.8, 4) is 11.5 Å². The number of carbonyl (C=O) groups is 2. The molecule has 3 heterocycles. The van der Waals surface area contributed by atoms with Crippen LogP contribution in [0.3, 0.4) is 0 Å². The second-order valence-corrected chi connectivity index (χ2v) is 8.89. The Morgan fingerprint density at radius 1 is 1.30 bits per heavy atom. The Bertz CT molecular complexity index is 870. The van der Waals surface area contributed by atoms with Gasteiger partial charge in [0.05, 0.1) is 5.75 Å². The predicted octanol–water partition coefficient (Wildman–Crippen LogP) is 2.79. The van der Waals surface area contributed by atoms with Crippen LogP contribution in [0.4, 0.5) is 0 Å². The van der Waals surface area contributed by atoms with Crippen molar-refractivity contribution in [1.29, 1.82) is 0 Å². The van der Waals surface area contributed by atoms with E-state index < -0.39 is 0 Å². The van der Waals surface area contributed by atoms with Gasteiger partial charge in [-0.3, -0.25) is 9.59 Å². The number of rotatable bonds is 5. The summed E-state index contributed by atoms with van der Waals surface area (Å²) < 4.78 is 11.5. The number of ketones is 1. The molecule has 2 aliphatic rings. The van der Waals surface area contributed by atoms with Gasteiger partial charge in [-0.05, 0) is 38.0 Å². The number of hydrogen-bond donors (Lipinski definition) is 0.